The molecule has 0 aliphatic carbocycles. The van der Waals surface area contributed by atoms with Gasteiger partial charge < -0.3 is 29.3 Å². The predicted octanol–water partition coefficient (Wildman–Crippen LogP) is 5.42. The summed E-state index contributed by atoms with van der Waals surface area (Å²) in [6.45, 7) is 4.34. The fourth-order valence-electron chi connectivity index (χ4n) is 7.42. The van der Waals surface area contributed by atoms with Gasteiger partial charge in [-0.3, -0.25) is 14.4 Å². The highest BCUT2D eigenvalue weighted by Gasteiger charge is 2.35. The first-order valence-corrected chi connectivity index (χ1v) is 16.7. The number of anilines is 3. The Morgan fingerprint density at radius 2 is 1.69 bits per heavy atom. The van der Waals surface area contributed by atoms with E-state index in [9.17, 15) is 18.8 Å². The van der Waals surface area contributed by atoms with Gasteiger partial charge in [0.2, 0.25) is 5.91 Å². The minimum Gasteiger partial charge on any atom is -0.495 e. The molecular weight excluding hydrogens is 633 g/mol. The molecule has 9 nitrogen and oxygen atoms in total. The van der Waals surface area contributed by atoms with Crippen LogP contribution in [0.2, 0.25) is 5.02 Å². The zero-order valence-electron chi connectivity index (χ0n) is 26.7. The van der Waals surface area contributed by atoms with E-state index < -0.39 is 11.7 Å². The number of pyridine rings is 1. The van der Waals surface area contributed by atoms with Crippen LogP contribution in [-0.4, -0.2) is 67.7 Å². The number of fused-ring (bicyclic) bond motifs is 4. The molecule has 1 aromatic heterocycles. The number of methoxy groups -OCH3 is 1. The summed E-state index contributed by atoms with van der Waals surface area (Å²) in [6, 6.07) is 23.1. The maximum absolute atomic E-state index is 14.6. The van der Waals surface area contributed by atoms with Crippen molar-refractivity contribution in [3.63, 3.8) is 0 Å². The highest BCUT2D eigenvalue weighted by Crippen LogP contribution is 2.39. The molecule has 2 fully saturated rings. The van der Waals surface area contributed by atoms with Crippen LogP contribution in [0.1, 0.15) is 34.0 Å². The number of ether oxygens (including phenoxy) is 1. The number of carbonyl (C=O) groups is 2. The highest BCUT2D eigenvalue weighted by molar-refractivity contribution is 6.31. The molecule has 248 valence electrons. The third kappa shape index (κ3) is 6.24. The molecule has 3 aromatic carbocycles. The number of halogens is 2. The molecule has 11 heteroatoms. The van der Waals surface area contributed by atoms with Crippen LogP contribution in [0, 0.1) is 11.7 Å². The van der Waals surface area contributed by atoms with Crippen molar-refractivity contribution in [2.24, 2.45) is 5.92 Å². The predicted molar refractivity (Wildman–Crippen MR) is 185 cm³/mol. The van der Waals surface area contributed by atoms with Gasteiger partial charge in [0.25, 0.3) is 11.5 Å². The van der Waals surface area contributed by atoms with E-state index in [1.54, 1.807) is 25.3 Å². The fourth-order valence-corrected chi connectivity index (χ4v) is 7.65. The van der Waals surface area contributed by atoms with E-state index >= 15 is 0 Å². The number of amides is 2. The second-order valence-electron chi connectivity index (χ2n) is 12.7. The van der Waals surface area contributed by atoms with Gasteiger partial charge in [-0.2, -0.15) is 0 Å². The third-order valence-electron chi connectivity index (χ3n) is 9.73. The molecule has 2 unspecified atom stereocenters. The lowest BCUT2D eigenvalue weighted by atomic mass is 9.83. The maximum Gasteiger partial charge on any atom is 0.254 e. The van der Waals surface area contributed by atoms with E-state index in [2.05, 4.69) is 15.1 Å². The first-order valence-electron chi connectivity index (χ1n) is 16.3. The average molecular weight is 670 g/mol. The Labute approximate surface area is 283 Å². The van der Waals surface area contributed by atoms with E-state index in [0.717, 1.165) is 29.2 Å². The second kappa shape index (κ2) is 13.4. The molecule has 7 rings (SSSR count). The molecule has 4 heterocycles. The van der Waals surface area contributed by atoms with Crippen LogP contribution < -0.4 is 25.4 Å². The van der Waals surface area contributed by atoms with Crippen LogP contribution in [0.4, 0.5) is 21.5 Å². The van der Waals surface area contributed by atoms with Crippen molar-refractivity contribution < 1.29 is 18.7 Å². The van der Waals surface area contributed by atoms with Crippen molar-refractivity contribution in [3.05, 3.63) is 117 Å². The standard InChI is InChI=1S/C37H37ClFN5O4/c1-48-34-10-3-2-8-33(34)41-14-16-42(17-15-41)37(47)25-12-13-32(30(19-25)40-35(45)20-27-28(38)6-4-7-29(27)39)43-21-24-18-26(23-43)31-9-5-11-36(46)44(31)22-24/h2-13,19,24,26H,14-18,20-23H2,1H3,(H,40,45). The zero-order chi connectivity index (χ0) is 33.4. The Balaban J connectivity index is 1.14. The number of hydrogen-bond acceptors (Lipinski definition) is 6. The monoisotopic (exact) mass is 669 g/mol. The number of piperidine rings is 1. The molecule has 0 radical (unpaired) electrons. The van der Waals surface area contributed by atoms with Crippen LogP contribution in [0.5, 0.6) is 5.75 Å². The summed E-state index contributed by atoms with van der Waals surface area (Å²) in [5.41, 5.74) is 3.86. The van der Waals surface area contributed by atoms with E-state index in [1.165, 1.54) is 12.1 Å². The van der Waals surface area contributed by atoms with Gasteiger partial charge in [0.1, 0.15) is 11.6 Å². The first kappa shape index (κ1) is 31.8. The molecule has 0 saturated carbocycles. The van der Waals surface area contributed by atoms with Crippen molar-refractivity contribution in [2.75, 3.05) is 61.5 Å². The minimum atomic E-state index is -0.549. The van der Waals surface area contributed by atoms with E-state index in [1.807, 2.05) is 58.0 Å². The number of nitrogens with zero attached hydrogens (tertiary/aromatic N) is 4. The second-order valence-corrected chi connectivity index (χ2v) is 13.1. The van der Waals surface area contributed by atoms with E-state index in [0.29, 0.717) is 57.1 Å². The number of nitrogens with one attached hydrogen (secondary N) is 1. The van der Waals surface area contributed by atoms with Gasteiger partial charge in [-0.25, -0.2) is 4.39 Å². The van der Waals surface area contributed by atoms with Crippen molar-refractivity contribution in [1.29, 1.82) is 0 Å². The first-order chi connectivity index (χ1) is 23.3. The van der Waals surface area contributed by atoms with Gasteiger partial charge in [-0.15, -0.1) is 0 Å². The lowest BCUT2D eigenvalue weighted by Gasteiger charge is -2.44. The minimum absolute atomic E-state index is 0.0158. The van der Waals surface area contributed by atoms with Gasteiger partial charge >= 0.3 is 0 Å². The molecule has 0 spiro atoms. The van der Waals surface area contributed by atoms with Gasteiger partial charge in [-0.1, -0.05) is 35.9 Å². The Kier molecular flexibility index (Phi) is 8.83. The smallest absolute Gasteiger partial charge is 0.254 e. The Hall–Kier alpha value is -4.83. The molecule has 2 bridgehead atoms. The number of aromatic nitrogens is 1. The van der Waals surface area contributed by atoms with Crippen LogP contribution >= 0.6 is 11.6 Å². The molecule has 48 heavy (non-hydrogen) atoms. The van der Waals surface area contributed by atoms with Crippen LogP contribution in [0.3, 0.4) is 0 Å². The number of piperazine rings is 1. The number of para-hydroxylation sites is 2. The zero-order valence-corrected chi connectivity index (χ0v) is 27.5. The van der Waals surface area contributed by atoms with Crippen molar-refractivity contribution >= 4 is 40.5 Å². The quantitative estimate of drug-likeness (QED) is 0.283. The largest absolute Gasteiger partial charge is 0.495 e. The topological polar surface area (TPSA) is 87.1 Å². The molecule has 4 aromatic rings. The molecule has 3 aliphatic rings. The summed E-state index contributed by atoms with van der Waals surface area (Å²) in [5.74, 6) is 0.0743. The third-order valence-corrected chi connectivity index (χ3v) is 10.1. The normalized spacial score (nSPS) is 18.7. The molecular formula is C37H37ClFN5O4. The van der Waals surface area contributed by atoms with Crippen molar-refractivity contribution in [1.82, 2.24) is 9.47 Å². The van der Waals surface area contributed by atoms with Gasteiger partial charge in [0, 0.05) is 79.6 Å². The lowest BCUT2D eigenvalue weighted by molar-refractivity contribution is -0.115. The number of benzene rings is 3. The number of rotatable bonds is 7. The summed E-state index contributed by atoms with van der Waals surface area (Å²) in [4.78, 5) is 46.1. The van der Waals surface area contributed by atoms with Crippen LogP contribution in [-0.2, 0) is 17.8 Å². The van der Waals surface area contributed by atoms with Crippen LogP contribution in [0.25, 0.3) is 0 Å². The lowest BCUT2D eigenvalue weighted by Crippen LogP contribution is -2.49. The number of hydrogen-bond donors (Lipinski definition) is 1. The van der Waals surface area contributed by atoms with Gasteiger partial charge in [-0.05, 0) is 60.9 Å². The van der Waals surface area contributed by atoms with Crippen molar-refractivity contribution in [3.8, 4) is 5.75 Å². The Morgan fingerprint density at radius 1 is 0.896 bits per heavy atom. The van der Waals surface area contributed by atoms with Crippen molar-refractivity contribution in [2.45, 2.75) is 25.3 Å². The van der Waals surface area contributed by atoms with Crippen LogP contribution in [0.15, 0.2) is 83.7 Å². The van der Waals surface area contributed by atoms with Gasteiger partial charge in [0.15, 0.2) is 0 Å². The Morgan fingerprint density at radius 3 is 2.48 bits per heavy atom. The highest BCUT2D eigenvalue weighted by atomic mass is 35.5. The van der Waals surface area contributed by atoms with Gasteiger partial charge in [0.05, 0.1) is 30.6 Å². The van der Waals surface area contributed by atoms with E-state index in [-0.39, 0.29) is 40.3 Å². The number of carbonyl (C=O) groups excluding carboxylic acids is 2. The molecule has 2 amide bonds. The Bertz CT molecular complexity index is 1900. The maximum atomic E-state index is 14.6. The molecule has 1 N–H and O–H groups in total. The fraction of sp³-hybridized carbons (Fsp3) is 0.324. The molecule has 2 saturated heterocycles. The average Bonchev–Trinajstić information content (AvgIpc) is 3.10. The van der Waals surface area contributed by atoms with E-state index in [4.69, 9.17) is 16.3 Å². The summed E-state index contributed by atoms with van der Waals surface area (Å²) in [6.07, 6.45) is 0.723. The summed E-state index contributed by atoms with van der Waals surface area (Å²) in [5, 5.41) is 3.17. The summed E-state index contributed by atoms with van der Waals surface area (Å²) < 4.78 is 22.0. The summed E-state index contributed by atoms with van der Waals surface area (Å²) in [7, 11) is 1.65. The SMILES string of the molecule is COc1ccccc1N1CCN(C(=O)c2ccc(N3CC4CC(C3)c3cccc(=O)n3C4)c(NC(=O)Cc3c(F)cccc3Cl)c2)CC1. The summed E-state index contributed by atoms with van der Waals surface area (Å²) >= 11 is 6.24. The molecule has 3 aliphatic heterocycles. The molecule has 2 atom stereocenters.